The molecular weight excluding hydrogens is 288 g/mol. The highest BCUT2D eigenvalue weighted by Crippen LogP contribution is 2.21. The number of carbonyl (C=O) groups excluding carboxylic acids is 1. The first kappa shape index (κ1) is 16.1. The average Bonchev–Trinajstić information content (AvgIpc) is 2.93. The van der Waals surface area contributed by atoms with E-state index in [-0.39, 0.29) is 5.91 Å². The van der Waals surface area contributed by atoms with Crippen molar-refractivity contribution in [3.05, 3.63) is 28.8 Å². The van der Waals surface area contributed by atoms with Gasteiger partial charge in [-0.2, -0.15) is 0 Å². The number of carbonyl (C=O) groups is 1. The minimum Gasteiger partial charge on any atom is -0.493 e. The molecule has 1 aliphatic rings. The largest absolute Gasteiger partial charge is 0.493 e. The smallest absolute Gasteiger partial charge is 0.221 e. The fourth-order valence-electron chi connectivity index (χ4n) is 2.48. The van der Waals surface area contributed by atoms with Crippen LogP contribution in [-0.2, 0) is 4.79 Å². The minimum atomic E-state index is 0.122. The van der Waals surface area contributed by atoms with Crippen LogP contribution in [0, 0.1) is 6.92 Å². The Morgan fingerprint density at radius 2 is 2.38 bits per heavy atom. The molecule has 1 aromatic rings. The zero-order chi connectivity index (χ0) is 15.1. The van der Waals surface area contributed by atoms with Crippen LogP contribution in [0.15, 0.2) is 18.2 Å². The Morgan fingerprint density at radius 3 is 3.10 bits per heavy atom. The summed E-state index contributed by atoms with van der Waals surface area (Å²) < 4.78 is 5.68. The fourth-order valence-corrected chi connectivity index (χ4v) is 2.71. The summed E-state index contributed by atoms with van der Waals surface area (Å²) in [6, 6.07) is 5.94. The summed E-state index contributed by atoms with van der Waals surface area (Å²) in [6.45, 7) is 4.24. The summed E-state index contributed by atoms with van der Waals surface area (Å²) in [6.07, 6.45) is 3.65. The molecule has 2 N–H and O–H groups in total. The third-order valence-electron chi connectivity index (χ3n) is 3.63. The number of rotatable bonds is 7. The lowest BCUT2D eigenvalue weighted by Gasteiger charge is -2.11. The Labute approximate surface area is 131 Å². The molecule has 5 heteroatoms. The molecule has 2 rings (SSSR count). The third-order valence-corrected chi connectivity index (χ3v) is 3.87. The second-order valence-corrected chi connectivity index (χ2v) is 5.90. The number of benzene rings is 1. The first-order valence-electron chi connectivity index (χ1n) is 7.54. The van der Waals surface area contributed by atoms with E-state index in [0.717, 1.165) is 30.7 Å². The SMILES string of the molecule is Cc1cc(Cl)ccc1OCCCNC(=O)CC1CCCN1. The van der Waals surface area contributed by atoms with Gasteiger partial charge in [0.2, 0.25) is 5.91 Å². The van der Waals surface area contributed by atoms with Gasteiger partial charge in [0, 0.05) is 24.0 Å². The molecule has 0 saturated carbocycles. The van der Waals surface area contributed by atoms with E-state index in [4.69, 9.17) is 16.3 Å². The van der Waals surface area contributed by atoms with Gasteiger partial charge in [0.1, 0.15) is 5.75 Å². The van der Waals surface area contributed by atoms with Gasteiger partial charge in [0.05, 0.1) is 6.61 Å². The molecule has 0 spiro atoms. The molecule has 1 saturated heterocycles. The molecule has 0 aromatic heterocycles. The summed E-state index contributed by atoms with van der Waals surface area (Å²) in [5, 5.41) is 6.98. The van der Waals surface area contributed by atoms with Crippen molar-refractivity contribution >= 4 is 17.5 Å². The second-order valence-electron chi connectivity index (χ2n) is 5.46. The summed E-state index contributed by atoms with van der Waals surface area (Å²) in [5.41, 5.74) is 1.03. The molecule has 0 bridgehead atoms. The van der Waals surface area contributed by atoms with Crippen LogP contribution in [0.4, 0.5) is 0 Å². The van der Waals surface area contributed by atoms with Crippen LogP contribution in [0.5, 0.6) is 5.75 Å². The van der Waals surface area contributed by atoms with E-state index < -0.39 is 0 Å². The number of ether oxygens (including phenoxy) is 1. The molecule has 1 atom stereocenters. The molecule has 1 amide bonds. The molecule has 1 heterocycles. The van der Waals surface area contributed by atoms with Gasteiger partial charge in [-0.15, -0.1) is 0 Å². The van der Waals surface area contributed by atoms with Crippen molar-refractivity contribution in [1.29, 1.82) is 0 Å². The van der Waals surface area contributed by atoms with Crippen molar-refractivity contribution in [2.75, 3.05) is 19.7 Å². The van der Waals surface area contributed by atoms with Crippen LogP contribution in [0.25, 0.3) is 0 Å². The van der Waals surface area contributed by atoms with Gasteiger partial charge < -0.3 is 15.4 Å². The number of hydrogen-bond donors (Lipinski definition) is 2. The molecule has 4 nitrogen and oxygen atoms in total. The van der Waals surface area contributed by atoms with Crippen LogP contribution >= 0.6 is 11.6 Å². The molecule has 0 aliphatic carbocycles. The quantitative estimate of drug-likeness (QED) is 0.761. The lowest BCUT2D eigenvalue weighted by molar-refractivity contribution is -0.121. The molecule has 21 heavy (non-hydrogen) atoms. The van der Waals surface area contributed by atoms with Crippen LogP contribution in [0.1, 0.15) is 31.2 Å². The summed E-state index contributed by atoms with van der Waals surface area (Å²) in [5.74, 6) is 0.970. The lowest BCUT2D eigenvalue weighted by Crippen LogP contribution is -2.32. The van der Waals surface area contributed by atoms with Crippen molar-refractivity contribution in [1.82, 2.24) is 10.6 Å². The van der Waals surface area contributed by atoms with Gasteiger partial charge in [-0.05, 0) is 56.5 Å². The maximum absolute atomic E-state index is 11.7. The van der Waals surface area contributed by atoms with Crippen LogP contribution in [0.3, 0.4) is 0 Å². The van der Waals surface area contributed by atoms with Crippen LogP contribution < -0.4 is 15.4 Å². The number of hydrogen-bond acceptors (Lipinski definition) is 3. The monoisotopic (exact) mass is 310 g/mol. The van der Waals surface area contributed by atoms with Crippen molar-refractivity contribution in [2.45, 2.75) is 38.6 Å². The van der Waals surface area contributed by atoms with Crippen molar-refractivity contribution in [3.8, 4) is 5.75 Å². The molecular formula is C16H23ClN2O2. The number of aryl methyl sites for hydroxylation is 1. The first-order chi connectivity index (χ1) is 10.1. The molecule has 1 fully saturated rings. The van der Waals surface area contributed by atoms with Gasteiger partial charge >= 0.3 is 0 Å². The summed E-state index contributed by atoms with van der Waals surface area (Å²) in [4.78, 5) is 11.7. The fraction of sp³-hybridized carbons (Fsp3) is 0.562. The molecule has 0 radical (unpaired) electrons. The van der Waals surface area contributed by atoms with Crippen LogP contribution in [-0.4, -0.2) is 31.6 Å². The zero-order valence-corrected chi connectivity index (χ0v) is 13.2. The lowest BCUT2D eigenvalue weighted by atomic mass is 10.1. The second kappa shape index (κ2) is 8.25. The van der Waals surface area contributed by atoms with Crippen molar-refractivity contribution < 1.29 is 9.53 Å². The van der Waals surface area contributed by atoms with E-state index in [1.54, 1.807) is 0 Å². The van der Waals surface area contributed by atoms with Crippen molar-refractivity contribution in [2.24, 2.45) is 0 Å². The predicted molar refractivity (Wildman–Crippen MR) is 85.0 cm³/mol. The maximum Gasteiger partial charge on any atom is 0.221 e. The van der Waals surface area contributed by atoms with E-state index in [1.165, 1.54) is 6.42 Å². The zero-order valence-electron chi connectivity index (χ0n) is 12.5. The highest BCUT2D eigenvalue weighted by molar-refractivity contribution is 6.30. The van der Waals surface area contributed by atoms with E-state index in [2.05, 4.69) is 10.6 Å². The van der Waals surface area contributed by atoms with Gasteiger partial charge in [0.25, 0.3) is 0 Å². The van der Waals surface area contributed by atoms with Crippen LogP contribution in [0.2, 0.25) is 5.02 Å². The summed E-state index contributed by atoms with van der Waals surface area (Å²) >= 11 is 5.90. The number of halogens is 1. The van der Waals surface area contributed by atoms with E-state index in [9.17, 15) is 4.79 Å². The van der Waals surface area contributed by atoms with E-state index >= 15 is 0 Å². The Balaban J connectivity index is 1.58. The normalized spacial score (nSPS) is 17.7. The molecule has 116 valence electrons. The van der Waals surface area contributed by atoms with E-state index in [0.29, 0.717) is 30.6 Å². The van der Waals surface area contributed by atoms with E-state index in [1.807, 2.05) is 25.1 Å². The Kier molecular flexibility index (Phi) is 6.33. The first-order valence-corrected chi connectivity index (χ1v) is 7.92. The number of nitrogens with one attached hydrogen (secondary N) is 2. The minimum absolute atomic E-state index is 0.122. The highest BCUT2D eigenvalue weighted by atomic mass is 35.5. The Hall–Kier alpha value is -1.26. The Morgan fingerprint density at radius 1 is 1.52 bits per heavy atom. The predicted octanol–water partition coefficient (Wildman–Crippen LogP) is 2.68. The van der Waals surface area contributed by atoms with Gasteiger partial charge in [-0.1, -0.05) is 11.6 Å². The average molecular weight is 311 g/mol. The molecule has 1 aromatic carbocycles. The molecule has 1 unspecified atom stereocenters. The summed E-state index contributed by atoms with van der Waals surface area (Å²) in [7, 11) is 0. The van der Waals surface area contributed by atoms with Gasteiger partial charge in [-0.3, -0.25) is 4.79 Å². The maximum atomic E-state index is 11.7. The Bertz CT molecular complexity index is 473. The van der Waals surface area contributed by atoms with Crippen molar-refractivity contribution in [3.63, 3.8) is 0 Å². The highest BCUT2D eigenvalue weighted by Gasteiger charge is 2.16. The standard InChI is InChI=1S/C16H23ClN2O2/c1-12-10-13(17)5-6-15(12)21-9-3-8-19-16(20)11-14-4-2-7-18-14/h5-6,10,14,18H,2-4,7-9,11H2,1H3,(H,19,20). The topological polar surface area (TPSA) is 50.4 Å². The number of amides is 1. The third kappa shape index (κ3) is 5.56. The van der Waals surface area contributed by atoms with Gasteiger partial charge in [-0.25, -0.2) is 0 Å². The van der Waals surface area contributed by atoms with Gasteiger partial charge in [0.15, 0.2) is 0 Å². The molecule has 1 aliphatic heterocycles.